The van der Waals surface area contributed by atoms with Crippen LogP contribution in [-0.4, -0.2) is 13.7 Å². The number of methoxy groups -OCH3 is 1. The van der Waals surface area contributed by atoms with Crippen molar-refractivity contribution in [2.75, 3.05) is 13.7 Å². The van der Waals surface area contributed by atoms with Crippen LogP contribution in [0.5, 0.6) is 11.5 Å². The fourth-order valence-electron chi connectivity index (χ4n) is 1.06. The summed E-state index contributed by atoms with van der Waals surface area (Å²) in [7, 11) is 1.62. The fourth-order valence-corrected chi connectivity index (χ4v) is 1.06. The molecule has 13 heavy (non-hydrogen) atoms. The Morgan fingerprint density at radius 3 is 2.77 bits per heavy atom. The molecule has 0 aliphatic carbocycles. The molecule has 3 nitrogen and oxygen atoms in total. The van der Waals surface area contributed by atoms with Crippen LogP contribution in [0.2, 0.25) is 0 Å². The van der Waals surface area contributed by atoms with Crippen molar-refractivity contribution in [2.24, 2.45) is 0 Å². The minimum Gasteiger partial charge on any atom is -0.496 e. The smallest absolute Gasteiger partial charge is 0.174 e. The predicted molar refractivity (Wildman–Crippen MR) is 48.8 cm³/mol. The van der Waals surface area contributed by atoms with Gasteiger partial charge in [-0.25, -0.2) is 0 Å². The van der Waals surface area contributed by atoms with Crippen molar-refractivity contribution in [1.29, 1.82) is 5.26 Å². The second kappa shape index (κ2) is 4.36. The molecule has 0 amide bonds. The van der Waals surface area contributed by atoms with Crippen molar-refractivity contribution in [3.63, 3.8) is 0 Å². The number of nitriles is 1. The van der Waals surface area contributed by atoms with Gasteiger partial charge < -0.3 is 9.47 Å². The maximum Gasteiger partial charge on any atom is 0.174 e. The van der Waals surface area contributed by atoms with Gasteiger partial charge in [-0.3, -0.25) is 0 Å². The molecule has 3 heteroatoms. The highest BCUT2D eigenvalue weighted by Gasteiger charge is 1.99. The first kappa shape index (κ1) is 9.40. The van der Waals surface area contributed by atoms with Gasteiger partial charge in [-0.1, -0.05) is 0 Å². The number of ether oxygens (including phenoxy) is 2. The lowest BCUT2D eigenvalue weighted by molar-refractivity contribution is 0.365. The maximum atomic E-state index is 8.30. The van der Waals surface area contributed by atoms with E-state index in [0.717, 1.165) is 11.3 Å². The molecule has 0 spiro atoms. The molecule has 0 fully saturated rings. The van der Waals surface area contributed by atoms with Gasteiger partial charge in [0.05, 0.1) is 7.11 Å². The van der Waals surface area contributed by atoms with Gasteiger partial charge in [0.25, 0.3) is 0 Å². The third-order valence-electron chi connectivity index (χ3n) is 1.67. The number of hydrogen-bond donors (Lipinski definition) is 0. The zero-order valence-corrected chi connectivity index (χ0v) is 7.70. The Morgan fingerprint density at radius 2 is 2.23 bits per heavy atom. The molecular weight excluding hydrogens is 166 g/mol. The second-order valence-corrected chi connectivity index (χ2v) is 2.58. The molecule has 0 radical (unpaired) electrons. The summed E-state index contributed by atoms with van der Waals surface area (Å²) in [6.45, 7) is 2.00. The van der Waals surface area contributed by atoms with Gasteiger partial charge in [-0.05, 0) is 30.7 Å². The summed E-state index contributed by atoms with van der Waals surface area (Å²) < 4.78 is 10.2. The normalized spacial score (nSPS) is 9.00. The van der Waals surface area contributed by atoms with Gasteiger partial charge in [0.1, 0.15) is 17.6 Å². The van der Waals surface area contributed by atoms with E-state index in [2.05, 4.69) is 0 Å². The zero-order valence-electron chi connectivity index (χ0n) is 7.70. The second-order valence-electron chi connectivity index (χ2n) is 2.58. The highest BCUT2D eigenvalue weighted by atomic mass is 16.5. The molecule has 68 valence electrons. The minimum atomic E-state index is 0.0752. The molecule has 1 aromatic carbocycles. The van der Waals surface area contributed by atoms with Gasteiger partial charge in [0, 0.05) is 0 Å². The van der Waals surface area contributed by atoms with E-state index in [1.165, 1.54) is 0 Å². The van der Waals surface area contributed by atoms with Crippen LogP contribution in [0.1, 0.15) is 5.56 Å². The summed E-state index contributed by atoms with van der Waals surface area (Å²) in [5.41, 5.74) is 0.998. The number of aryl methyl sites for hydroxylation is 1. The highest BCUT2D eigenvalue weighted by Crippen LogP contribution is 2.22. The van der Waals surface area contributed by atoms with Crippen molar-refractivity contribution in [2.45, 2.75) is 6.92 Å². The van der Waals surface area contributed by atoms with Crippen LogP contribution in [0, 0.1) is 18.3 Å². The van der Waals surface area contributed by atoms with Crippen LogP contribution < -0.4 is 9.47 Å². The standard InChI is InChI=1S/C10H11NO2/c1-8-7-9(13-6-5-11)3-4-10(8)12-2/h3-4,7H,6H2,1-2H3. The molecular formula is C10H11NO2. The Kier molecular flexibility index (Phi) is 3.15. The number of benzene rings is 1. The Morgan fingerprint density at radius 1 is 1.46 bits per heavy atom. The molecule has 0 unspecified atom stereocenters. The third-order valence-corrected chi connectivity index (χ3v) is 1.67. The third kappa shape index (κ3) is 2.38. The van der Waals surface area contributed by atoms with Crippen LogP contribution in [0.15, 0.2) is 18.2 Å². The monoisotopic (exact) mass is 177 g/mol. The Bertz CT molecular complexity index is 328. The first-order valence-corrected chi connectivity index (χ1v) is 3.92. The van der Waals surface area contributed by atoms with E-state index in [1.54, 1.807) is 13.2 Å². The van der Waals surface area contributed by atoms with E-state index >= 15 is 0 Å². The van der Waals surface area contributed by atoms with Gasteiger partial charge in [-0.15, -0.1) is 0 Å². The van der Waals surface area contributed by atoms with E-state index < -0.39 is 0 Å². The molecule has 0 saturated carbocycles. The van der Waals surface area contributed by atoms with Crippen molar-refractivity contribution in [3.05, 3.63) is 23.8 Å². The van der Waals surface area contributed by atoms with Crippen LogP contribution >= 0.6 is 0 Å². The summed E-state index contributed by atoms with van der Waals surface area (Å²) in [5, 5.41) is 8.30. The number of rotatable bonds is 3. The van der Waals surface area contributed by atoms with Crippen molar-refractivity contribution in [1.82, 2.24) is 0 Å². The Balaban J connectivity index is 2.78. The van der Waals surface area contributed by atoms with Crippen molar-refractivity contribution in [3.8, 4) is 17.6 Å². The van der Waals surface area contributed by atoms with Crippen LogP contribution in [0.4, 0.5) is 0 Å². The van der Waals surface area contributed by atoms with Crippen molar-refractivity contribution >= 4 is 0 Å². The van der Waals surface area contributed by atoms with E-state index in [4.69, 9.17) is 14.7 Å². The van der Waals surface area contributed by atoms with E-state index in [-0.39, 0.29) is 6.61 Å². The maximum absolute atomic E-state index is 8.30. The van der Waals surface area contributed by atoms with Crippen LogP contribution in [0.3, 0.4) is 0 Å². The Hall–Kier alpha value is -1.69. The predicted octanol–water partition coefficient (Wildman–Crippen LogP) is 1.91. The Labute approximate surface area is 77.5 Å². The average molecular weight is 177 g/mol. The van der Waals surface area contributed by atoms with E-state index in [1.807, 2.05) is 25.1 Å². The van der Waals surface area contributed by atoms with Gasteiger partial charge in [0.15, 0.2) is 6.61 Å². The molecule has 1 aromatic rings. The first-order chi connectivity index (χ1) is 6.27. The first-order valence-electron chi connectivity index (χ1n) is 3.92. The minimum absolute atomic E-state index is 0.0752. The van der Waals surface area contributed by atoms with E-state index in [0.29, 0.717) is 5.75 Å². The molecule has 0 aliphatic rings. The molecule has 0 aromatic heterocycles. The molecule has 0 heterocycles. The van der Waals surface area contributed by atoms with Crippen molar-refractivity contribution < 1.29 is 9.47 Å². The molecule has 0 atom stereocenters. The molecule has 1 rings (SSSR count). The molecule has 0 aliphatic heterocycles. The van der Waals surface area contributed by atoms with Gasteiger partial charge >= 0.3 is 0 Å². The van der Waals surface area contributed by atoms with Crippen LogP contribution in [0.25, 0.3) is 0 Å². The quantitative estimate of drug-likeness (QED) is 0.708. The molecule has 0 bridgehead atoms. The number of nitrogens with zero attached hydrogens (tertiary/aromatic N) is 1. The van der Waals surface area contributed by atoms with Crippen LogP contribution in [-0.2, 0) is 0 Å². The lowest BCUT2D eigenvalue weighted by Crippen LogP contribution is -1.94. The largest absolute Gasteiger partial charge is 0.496 e. The zero-order chi connectivity index (χ0) is 9.68. The van der Waals surface area contributed by atoms with Gasteiger partial charge in [-0.2, -0.15) is 5.26 Å². The highest BCUT2D eigenvalue weighted by molar-refractivity contribution is 5.39. The molecule has 0 saturated heterocycles. The number of hydrogen-bond acceptors (Lipinski definition) is 3. The lowest BCUT2D eigenvalue weighted by Gasteiger charge is -2.06. The molecule has 0 N–H and O–H groups in total. The summed E-state index contributed by atoms with van der Waals surface area (Å²) in [4.78, 5) is 0. The topological polar surface area (TPSA) is 42.2 Å². The van der Waals surface area contributed by atoms with E-state index in [9.17, 15) is 0 Å². The average Bonchev–Trinajstić information content (AvgIpc) is 2.15. The summed E-state index contributed by atoms with van der Waals surface area (Å²) in [6, 6.07) is 7.36. The summed E-state index contributed by atoms with van der Waals surface area (Å²) in [6.07, 6.45) is 0. The SMILES string of the molecule is COc1ccc(OCC#N)cc1C. The van der Waals surface area contributed by atoms with Gasteiger partial charge in [0.2, 0.25) is 0 Å². The lowest BCUT2D eigenvalue weighted by atomic mass is 10.2. The fraction of sp³-hybridized carbons (Fsp3) is 0.300. The summed E-state index contributed by atoms with van der Waals surface area (Å²) in [5.74, 6) is 1.52. The summed E-state index contributed by atoms with van der Waals surface area (Å²) >= 11 is 0.